The predicted molar refractivity (Wildman–Crippen MR) is 59.8 cm³/mol. The molecule has 0 bridgehead atoms. The summed E-state index contributed by atoms with van der Waals surface area (Å²) in [6.45, 7) is 2.07. The van der Waals surface area contributed by atoms with Gasteiger partial charge in [0.2, 0.25) is 0 Å². The SMILES string of the molecule is CCCSCc1ccc(F)cc1C(=O)O. The first-order chi connectivity index (χ1) is 7.15. The third-order valence-electron chi connectivity index (χ3n) is 1.91. The van der Waals surface area contributed by atoms with Crippen LogP contribution in [0.4, 0.5) is 4.39 Å². The van der Waals surface area contributed by atoms with Crippen LogP contribution in [0.2, 0.25) is 0 Å². The highest BCUT2D eigenvalue weighted by Crippen LogP contribution is 2.18. The Morgan fingerprint density at radius 3 is 2.87 bits per heavy atom. The van der Waals surface area contributed by atoms with Crippen LogP contribution in [0.1, 0.15) is 29.3 Å². The molecule has 0 spiro atoms. The van der Waals surface area contributed by atoms with E-state index in [1.54, 1.807) is 17.8 Å². The molecule has 0 amide bonds. The van der Waals surface area contributed by atoms with Crippen LogP contribution in [0.5, 0.6) is 0 Å². The second-order valence-electron chi connectivity index (χ2n) is 3.16. The lowest BCUT2D eigenvalue weighted by molar-refractivity contribution is 0.0695. The number of benzene rings is 1. The summed E-state index contributed by atoms with van der Waals surface area (Å²) in [6.07, 6.45) is 1.05. The van der Waals surface area contributed by atoms with Crippen molar-refractivity contribution in [2.24, 2.45) is 0 Å². The van der Waals surface area contributed by atoms with Gasteiger partial charge in [-0.25, -0.2) is 9.18 Å². The van der Waals surface area contributed by atoms with E-state index in [1.807, 2.05) is 0 Å². The van der Waals surface area contributed by atoms with Crippen LogP contribution in [-0.4, -0.2) is 16.8 Å². The summed E-state index contributed by atoms with van der Waals surface area (Å²) in [6, 6.07) is 3.92. The molecule has 82 valence electrons. The lowest BCUT2D eigenvalue weighted by Gasteiger charge is -2.05. The molecule has 15 heavy (non-hydrogen) atoms. The summed E-state index contributed by atoms with van der Waals surface area (Å²) in [5, 5.41) is 8.87. The zero-order valence-corrected chi connectivity index (χ0v) is 9.31. The molecule has 4 heteroatoms. The average molecular weight is 228 g/mol. The summed E-state index contributed by atoms with van der Waals surface area (Å²) in [5.41, 5.74) is 0.751. The molecule has 0 heterocycles. The molecule has 0 aromatic heterocycles. The molecule has 1 N–H and O–H groups in total. The van der Waals surface area contributed by atoms with E-state index in [0.717, 1.165) is 18.2 Å². The number of hydrogen-bond donors (Lipinski definition) is 1. The van der Waals surface area contributed by atoms with Gasteiger partial charge in [-0.2, -0.15) is 11.8 Å². The maximum absolute atomic E-state index is 12.8. The molecule has 0 radical (unpaired) electrons. The van der Waals surface area contributed by atoms with Gasteiger partial charge in [-0.1, -0.05) is 13.0 Å². The van der Waals surface area contributed by atoms with Crippen molar-refractivity contribution in [3.8, 4) is 0 Å². The van der Waals surface area contributed by atoms with E-state index >= 15 is 0 Å². The van der Waals surface area contributed by atoms with Crippen molar-refractivity contribution in [3.05, 3.63) is 35.1 Å². The Balaban J connectivity index is 2.81. The first-order valence-electron chi connectivity index (χ1n) is 4.74. The third kappa shape index (κ3) is 3.55. The van der Waals surface area contributed by atoms with Gasteiger partial charge in [0.05, 0.1) is 5.56 Å². The molecule has 1 rings (SSSR count). The van der Waals surface area contributed by atoms with Crippen molar-refractivity contribution < 1.29 is 14.3 Å². The largest absolute Gasteiger partial charge is 0.478 e. The maximum atomic E-state index is 12.8. The summed E-state index contributed by atoms with van der Waals surface area (Å²) in [5.74, 6) is 0.0323. The van der Waals surface area contributed by atoms with Gasteiger partial charge in [-0.3, -0.25) is 0 Å². The van der Waals surface area contributed by atoms with Crippen molar-refractivity contribution in [3.63, 3.8) is 0 Å². The normalized spacial score (nSPS) is 10.3. The molecule has 0 unspecified atom stereocenters. The number of rotatable bonds is 5. The molecular weight excluding hydrogens is 215 g/mol. The highest BCUT2D eigenvalue weighted by molar-refractivity contribution is 7.98. The zero-order valence-electron chi connectivity index (χ0n) is 8.50. The number of carboxylic acid groups (broad SMARTS) is 1. The highest BCUT2D eigenvalue weighted by Gasteiger charge is 2.10. The molecule has 0 aliphatic rings. The Labute approximate surface area is 92.5 Å². The zero-order chi connectivity index (χ0) is 11.3. The summed E-state index contributed by atoms with van der Waals surface area (Å²) >= 11 is 1.66. The fourth-order valence-corrected chi connectivity index (χ4v) is 2.10. The Morgan fingerprint density at radius 2 is 2.27 bits per heavy atom. The summed E-state index contributed by atoms with van der Waals surface area (Å²) in [4.78, 5) is 10.8. The number of aromatic carboxylic acids is 1. The fourth-order valence-electron chi connectivity index (χ4n) is 1.20. The number of carboxylic acids is 1. The van der Waals surface area contributed by atoms with Gasteiger partial charge in [0, 0.05) is 5.75 Å². The van der Waals surface area contributed by atoms with Crippen LogP contribution in [0.15, 0.2) is 18.2 Å². The van der Waals surface area contributed by atoms with E-state index in [2.05, 4.69) is 6.92 Å². The molecular formula is C11H13FO2S. The Morgan fingerprint density at radius 1 is 1.53 bits per heavy atom. The summed E-state index contributed by atoms with van der Waals surface area (Å²) in [7, 11) is 0. The topological polar surface area (TPSA) is 37.3 Å². The smallest absolute Gasteiger partial charge is 0.336 e. The first-order valence-corrected chi connectivity index (χ1v) is 5.90. The quantitative estimate of drug-likeness (QED) is 0.786. The fraction of sp³-hybridized carbons (Fsp3) is 0.364. The monoisotopic (exact) mass is 228 g/mol. The van der Waals surface area contributed by atoms with Crippen LogP contribution in [0.25, 0.3) is 0 Å². The Hall–Kier alpha value is -1.03. The van der Waals surface area contributed by atoms with Crippen molar-refractivity contribution >= 4 is 17.7 Å². The van der Waals surface area contributed by atoms with Crippen LogP contribution in [0, 0.1) is 5.82 Å². The molecule has 0 fully saturated rings. The van der Waals surface area contributed by atoms with Crippen LogP contribution >= 0.6 is 11.8 Å². The van der Waals surface area contributed by atoms with Crippen LogP contribution < -0.4 is 0 Å². The van der Waals surface area contributed by atoms with E-state index in [-0.39, 0.29) is 5.56 Å². The Kier molecular flexibility index (Phi) is 4.62. The second-order valence-corrected chi connectivity index (χ2v) is 4.26. The van der Waals surface area contributed by atoms with Gasteiger partial charge < -0.3 is 5.11 Å². The molecule has 0 atom stereocenters. The third-order valence-corrected chi connectivity index (χ3v) is 3.12. The standard InChI is InChI=1S/C11H13FO2S/c1-2-5-15-7-8-3-4-9(12)6-10(8)11(13)14/h3-4,6H,2,5,7H2,1H3,(H,13,14). The van der Waals surface area contributed by atoms with Crippen LogP contribution in [-0.2, 0) is 5.75 Å². The van der Waals surface area contributed by atoms with Gasteiger partial charge in [0.1, 0.15) is 5.82 Å². The van der Waals surface area contributed by atoms with Gasteiger partial charge in [-0.05, 0) is 29.9 Å². The molecule has 0 saturated carbocycles. The number of hydrogen-bond acceptors (Lipinski definition) is 2. The summed E-state index contributed by atoms with van der Waals surface area (Å²) < 4.78 is 12.8. The van der Waals surface area contributed by atoms with Gasteiger partial charge in [0.25, 0.3) is 0 Å². The van der Waals surface area contributed by atoms with Crippen molar-refractivity contribution in [1.82, 2.24) is 0 Å². The maximum Gasteiger partial charge on any atom is 0.336 e. The Bertz CT molecular complexity index is 352. The highest BCUT2D eigenvalue weighted by atomic mass is 32.2. The lowest BCUT2D eigenvalue weighted by atomic mass is 10.1. The van der Waals surface area contributed by atoms with Gasteiger partial charge in [-0.15, -0.1) is 0 Å². The first kappa shape index (κ1) is 12.0. The minimum Gasteiger partial charge on any atom is -0.478 e. The molecule has 0 aliphatic heterocycles. The van der Waals surface area contributed by atoms with Crippen LogP contribution in [0.3, 0.4) is 0 Å². The molecule has 0 saturated heterocycles. The van der Waals surface area contributed by atoms with Gasteiger partial charge >= 0.3 is 5.97 Å². The predicted octanol–water partition coefficient (Wildman–Crippen LogP) is 3.17. The minimum atomic E-state index is -1.07. The van der Waals surface area contributed by atoms with Crippen molar-refractivity contribution in [1.29, 1.82) is 0 Å². The van der Waals surface area contributed by atoms with Crippen molar-refractivity contribution in [2.45, 2.75) is 19.1 Å². The van der Waals surface area contributed by atoms with E-state index < -0.39 is 11.8 Å². The molecule has 2 nitrogen and oxygen atoms in total. The number of carbonyl (C=O) groups is 1. The second kappa shape index (κ2) is 5.75. The number of halogens is 1. The van der Waals surface area contributed by atoms with E-state index in [1.165, 1.54) is 6.07 Å². The van der Waals surface area contributed by atoms with Gasteiger partial charge in [0.15, 0.2) is 0 Å². The van der Waals surface area contributed by atoms with E-state index in [0.29, 0.717) is 11.3 Å². The average Bonchev–Trinajstić information content (AvgIpc) is 2.20. The van der Waals surface area contributed by atoms with E-state index in [4.69, 9.17) is 5.11 Å². The molecule has 0 aliphatic carbocycles. The molecule has 1 aromatic carbocycles. The van der Waals surface area contributed by atoms with Crippen molar-refractivity contribution in [2.75, 3.05) is 5.75 Å². The minimum absolute atomic E-state index is 0.0682. The molecule has 1 aromatic rings. The number of thioether (sulfide) groups is 1. The van der Waals surface area contributed by atoms with E-state index in [9.17, 15) is 9.18 Å². The lowest BCUT2D eigenvalue weighted by Crippen LogP contribution is -2.02.